The van der Waals surface area contributed by atoms with Gasteiger partial charge in [-0.3, -0.25) is 4.79 Å². The molecule has 0 aliphatic heterocycles. The lowest BCUT2D eigenvalue weighted by Crippen LogP contribution is -2.28. The summed E-state index contributed by atoms with van der Waals surface area (Å²) in [7, 11) is 0. The molecule has 2 aromatic heterocycles. The molecule has 2 heterocycles. The molecule has 3 heteroatoms. The Morgan fingerprint density at radius 2 is 2.19 bits per heavy atom. The van der Waals surface area contributed by atoms with Gasteiger partial charge in [0.15, 0.2) is 0 Å². The second-order valence-corrected chi connectivity index (χ2v) is 4.51. The molecule has 0 amide bonds. The third-order valence-electron chi connectivity index (χ3n) is 3.14. The van der Waals surface area contributed by atoms with Gasteiger partial charge in [0.1, 0.15) is 11.4 Å². The molecule has 0 unspecified atom stereocenters. The zero-order chi connectivity index (χ0) is 11.8. The fourth-order valence-electron chi connectivity index (χ4n) is 1.90. The second-order valence-electron chi connectivity index (χ2n) is 4.51. The number of Topliss-reactive ketones (excluding diaryl/α,β-unsaturated/α-hetero) is 1. The average Bonchev–Trinajstić information content (AvgIpc) is 2.74. The molecule has 0 aromatic carbocycles. The number of hydrogen-bond acceptors (Lipinski definition) is 2. The van der Waals surface area contributed by atoms with Crippen LogP contribution < -0.4 is 0 Å². The molecule has 0 atom stereocenters. The number of nitrogens with zero attached hydrogens (tertiary/aromatic N) is 2. The number of pyridine rings is 1. The first-order chi connectivity index (χ1) is 7.55. The van der Waals surface area contributed by atoms with E-state index in [9.17, 15) is 4.79 Å². The summed E-state index contributed by atoms with van der Waals surface area (Å²) in [6.45, 7) is 5.83. The van der Waals surface area contributed by atoms with E-state index in [1.165, 1.54) is 0 Å². The maximum atomic E-state index is 11.9. The van der Waals surface area contributed by atoms with Crippen LogP contribution in [0.3, 0.4) is 0 Å². The summed E-state index contributed by atoms with van der Waals surface area (Å²) >= 11 is 0. The van der Waals surface area contributed by atoms with Gasteiger partial charge in [0.25, 0.3) is 0 Å². The molecule has 0 aliphatic carbocycles. The van der Waals surface area contributed by atoms with Crippen LogP contribution >= 0.6 is 0 Å². The summed E-state index contributed by atoms with van der Waals surface area (Å²) in [5.41, 5.74) is 1.48. The minimum absolute atomic E-state index is 0.253. The lowest BCUT2D eigenvalue weighted by molar-refractivity contribution is -0.123. The molecule has 84 valence electrons. The molecule has 2 aromatic rings. The van der Waals surface area contributed by atoms with Crippen LogP contribution in [0.5, 0.6) is 0 Å². The maximum Gasteiger partial charge on any atom is 0.142 e. The van der Waals surface area contributed by atoms with Crippen LogP contribution in [0.2, 0.25) is 0 Å². The van der Waals surface area contributed by atoms with Crippen molar-refractivity contribution in [3.63, 3.8) is 0 Å². The predicted molar refractivity (Wildman–Crippen MR) is 63.5 cm³/mol. The number of hydrogen-bond donors (Lipinski definition) is 0. The van der Waals surface area contributed by atoms with E-state index in [0.717, 1.165) is 11.2 Å². The summed E-state index contributed by atoms with van der Waals surface area (Å²) in [4.78, 5) is 16.1. The third-order valence-corrected chi connectivity index (χ3v) is 3.14. The highest BCUT2D eigenvalue weighted by Gasteiger charge is 2.28. The molecule has 0 aliphatic rings. The van der Waals surface area contributed by atoms with Crippen molar-refractivity contribution < 1.29 is 4.79 Å². The van der Waals surface area contributed by atoms with Crippen molar-refractivity contribution in [2.24, 2.45) is 0 Å². The van der Waals surface area contributed by atoms with Crippen LogP contribution in [0.4, 0.5) is 0 Å². The van der Waals surface area contributed by atoms with E-state index in [2.05, 4.69) is 4.98 Å². The Morgan fingerprint density at radius 1 is 1.44 bits per heavy atom. The molecule has 2 rings (SSSR count). The summed E-state index contributed by atoms with van der Waals surface area (Å²) in [6, 6.07) is 3.97. The monoisotopic (exact) mass is 216 g/mol. The predicted octanol–water partition coefficient (Wildman–Crippen LogP) is 2.59. The van der Waals surface area contributed by atoms with Gasteiger partial charge in [0, 0.05) is 30.4 Å². The lowest BCUT2D eigenvalue weighted by atomic mass is 9.80. The van der Waals surface area contributed by atoms with E-state index in [-0.39, 0.29) is 5.78 Å². The normalized spacial score (nSPS) is 11.9. The Morgan fingerprint density at radius 3 is 2.88 bits per heavy atom. The van der Waals surface area contributed by atoms with Gasteiger partial charge in [0.05, 0.1) is 0 Å². The Kier molecular flexibility index (Phi) is 2.54. The molecule has 0 bridgehead atoms. The first-order valence-electron chi connectivity index (χ1n) is 5.52. The second kappa shape index (κ2) is 3.74. The largest absolute Gasteiger partial charge is 0.307 e. The Bertz CT molecular complexity index is 525. The molecule has 0 fully saturated rings. The van der Waals surface area contributed by atoms with E-state index in [0.29, 0.717) is 6.42 Å². The highest BCUT2D eigenvalue weighted by Crippen LogP contribution is 2.26. The van der Waals surface area contributed by atoms with Gasteiger partial charge in [0.2, 0.25) is 0 Å². The van der Waals surface area contributed by atoms with E-state index in [1.54, 1.807) is 6.20 Å². The van der Waals surface area contributed by atoms with Gasteiger partial charge < -0.3 is 4.40 Å². The molecule has 3 nitrogen and oxygen atoms in total. The number of rotatable bonds is 3. The van der Waals surface area contributed by atoms with Crippen molar-refractivity contribution >= 4 is 11.4 Å². The van der Waals surface area contributed by atoms with Gasteiger partial charge >= 0.3 is 0 Å². The summed E-state index contributed by atoms with van der Waals surface area (Å²) in [5.74, 6) is 0.253. The topological polar surface area (TPSA) is 34.4 Å². The van der Waals surface area contributed by atoms with Crippen molar-refractivity contribution in [1.82, 2.24) is 9.38 Å². The smallest absolute Gasteiger partial charge is 0.142 e. The van der Waals surface area contributed by atoms with Crippen molar-refractivity contribution in [2.45, 2.75) is 32.6 Å². The number of carbonyl (C=O) groups is 1. The van der Waals surface area contributed by atoms with Gasteiger partial charge in [-0.25, -0.2) is 4.98 Å². The van der Waals surface area contributed by atoms with E-state index in [4.69, 9.17) is 0 Å². The lowest BCUT2D eigenvalue weighted by Gasteiger charge is -2.23. The average molecular weight is 216 g/mol. The molecular formula is C13H16N2O. The number of imidazole rings is 1. The standard InChI is InChI=1S/C13H16N2O/c1-4-11(16)13(2,3)10-5-7-15-8-6-14-12(15)9-10/h5-9H,4H2,1-3H3. The van der Waals surface area contributed by atoms with Crippen LogP contribution in [0.25, 0.3) is 5.65 Å². The third kappa shape index (κ3) is 1.62. The van der Waals surface area contributed by atoms with Gasteiger partial charge in [-0.15, -0.1) is 0 Å². The number of ketones is 1. The highest BCUT2D eigenvalue weighted by atomic mass is 16.1. The summed E-state index contributed by atoms with van der Waals surface area (Å²) in [5, 5.41) is 0. The molecule has 0 N–H and O–H groups in total. The fraction of sp³-hybridized carbons (Fsp3) is 0.385. The minimum Gasteiger partial charge on any atom is -0.307 e. The molecule has 0 saturated carbocycles. The molecular weight excluding hydrogens is 200 g/mol. The van der Waals surface area contributed by atoms with Crippen molar-refractivity contribution in [2.75, 3.05) is 0 Å². The molecule has 0 saturated heterocycles. The van der Waals surface area contributed by atoms with Gasteiger partial charge in [-0.1, -0.05) is 6.92 Å². The Hall–Kier alpha value is -1.64. The molecule has 0 radical (unpaired) electrons. The first-order valence-corrected chi connectivity index (χ1v) is 5.52. The SMILES string of the molecule is CCC(=O)C(C)(C)c1ccn2ccnc2c1. The van der Waals surface area contributed by atoms with Crippen LogP contribution in [0, 0.1) is 0 Å². The van der Waals surface area contributed by atoms with Crippen LogP contribution in [0.1, 0.15) is 32.8 Å². The van der Waals surface area contributed by atoms with Crippen LogP contribution in [-0.2, 0) is 10.2 Å². The first kappa shape index (κ1) is 10.9. The van der Waals surface area contributed by atoms with E-state index >= 15 is 0 Å². The van der Waals surface area contributed by atoms with Gasteiger partial charge in [-0.2, -0.15) is 0 Å². The number of aromatic nitrogens is 2. The number of carbonyl (C=O) groups excluding carboxylic acids is 1. The quantitative estimate of drug-likeness (QED) is 0.790. The van der Waals surface area contributed by atoms with E-state index < -0.39 is 5.41 Å². The molecule has 0 spiro atoms. The van der Waals surface area contributed by atoms with E-state index in [1.807, 2.05) is 49.7 Å². The zero-order valence-electron chi connectivity index (χ0n) is 9.90. The Labute approximate surface area is 95.1 Å². The number of fused-ring (bicyclic) bond motifs is 1. The van der Waals surface area contributed by atoms with Crippen LogP contribution in [0.15, 0.2) is 30.7 Å². The molecule has 16 heavy (non-hydrogen) atoms. The summed E-state index contributed by atoms with van der Waals surface area (Å²) in [6.07, 6.45) is 6.16. The van der Waals surface area contributed by atoms with Gasteiger partial charge in [-0.05, 0) is 31.5 Å². The zero-order valence-corrected chi connectivity index (χ0v) is 9.90. The highest BCUT2D eigenvalue weighted by molar-refractivity contribution is 5.89. The maximum absolute atomic E-state index is 11.9. The van der Waals surface area contributed by atoms with Crippen molar-refractivity contribution in [3.05, 3.63) is 36.3 Å². The van der Waals surface area contributed by atoms with Crippen molar-refractivity contribution in [1.29, 1.82) is 0 Å². The fourth-order valence-corrected chi connectivity index (χ4v) is 1.90. The summed E-state index contributed by atoms with van der Waals surface area (Å²) < 4.78 is 1.94. The Balaban J connectivity index is 2.50. The van der Waals surface area contributed by atoms with Crippen molar-refractivity contribution in [3.8, 4) is 0 Å². The minimum atomic E-state index is -0.428. The van der Waals surface area contributed by atoms with Crippen LogP contribution in [-0.4, -0.2) is 15.2 Å².